The molecule has 7 heteroatoms. The predicted molar refractivity (Wildman–Crippen MR) is 98.2 cm³/mol. The summed E-state index contributed by atoms with van der Waals surface area (Å²) >= 11 is 1.43. The van der Waals surface area contributed by atoms with Gasteiger partial charge in [-0.25, -0.2) is 4.39 Å². The van der Waals surface area contributed by atoms with Crippen LogP contribution in [0.15, 0.2) is 42.6 Å². The Hall–Kier alpha value is -2.85. The molecule has 0 N–H and O–H groups in total. The van der Waals surface area contributed by atoms with Gasteiger partial charge in [-0.15, -0.1) is 10.2 Å². The van der Waals surface area contributed by atoms with Crippen LogP contribution in [0, 0.1) is 17.1 Å². The summed E-state index contributed by atoms with van der Waals surface area (Å²) in [6.45, 7) is 0. The van der Waals surface area contributed by atoms with E-state index < -0.39 is 5.54 Å². The van der Waals surface area contributed by atoms with Crippen molar-refractivity contribution in [3.05, 3.63) is 59.7 Å². The maximum Gasteiger partial charge on any atom is 0.209 e. The fraction of sp³-hybridized carbons (Fsp3) is 0.263. The topological polar surface area (TPSA) is 65.7 Å². The molecule has 0 spiro atoms. The normalized spacial score (nSPS) is 15.1. The SMILES string of the molecule is CN(c1nnc(-c2cccc(C#N)c2)s1)C1(c2ncccc2F)CCC1. The molecule has 0 aliphatic heterocycles. The molecule has 0 bridgehead atoms. The van der Waals surface area contributed by atoms with Crippen LogP contribution in [0.5, 0.6) is 0 Å². The summed E-state index contributed by atoms with van der Waals surface area (Å²) in [6.07, 6.45) is 4.31. The van der Waals surface area contributed by atoms with Crippen molar-refractivity contribution >= 4 is 16.5 Å². The van der Waals surface area contributed by atoms with E-state index in [1.54, 1.807) is 24.4 Å². The molecule has 1 aliphatic rings. The molecule has 0 saturated heterocycles. The van der Waals surface area contributed by atoms with Gasteiger partial charge >= 0.3 is 0 Å². The number of hydrogen-bond acceptors (Lipinski definition) is 6. The second kappa shape index (κ2) is 6.46. The Labute approximate surface area is 154 Å². The molecule has 5 nitrogen and oxygen atoms in total. The molecule has 130 valence electrons. The van der Waals surface area contributed by atoms with Crippen LogP contribution in [-0.2, 0) is 5.54 Å². The Kier molecular flexibility index (Phi) is 4.13. The lowest BCUT2D eigenvalue weighted by Gasteiger charge is -2.47. The van der Waals surface area contributed by atoms with Crippen LogP contribution in [0.4, 0.5) is 9.52 Å². The molecule has 0 radical (unpaired) electrons. The van der Waals surface area contributed by atoms with E-state index in [2.05, 4.69) is 21.3 Å². The van der Waals surface area contributed by atoms with Crippen LogP contribution in [-0.4, -0.2) is 22.2 Å². The van der Waals surface area contributed by atoms with Gasteiger partial charge in [0.15, 0.2) is 0 Å². The average Bonchev–Trinajstić information content (AvgIpc) is 3.12. The number of nitrogens with zero attached hydrogens (tertiary/aromatic N) is 5. The summed E-state index contributed by atoms with van der Waals surface area (Å²) in [6, 6.07) is 12.5. The number of hydrogen-bond donors (Lipinski definition) is 0. The van der Waals surface area contributed by atoms with Crippen molar-refractivity contribution in [1.29, 1.82) is 5.26 Å². The minimum absolute atomic E-state index is 0.287. The first-order valence-corrected chi connectivity index (χ1v) is 9.14. The highest BCUT2D eigenvalue weighted by Gasteiger charge is 2.46. The van der Waals surface area contributed by atoms with Gasteiger partial charge in [0.2, 0.25) is 5.13 Å². The van der Waals surface area contributed by atoms with Gasteiger partial charge in [0, 0.05) is 18.8 Å². The van der Waals surface area contributed by atoms with Gasteiger partial charge in [-0.1, -0.05) is 23.5 Å². The second-order valence-corrected chi connectivity index (χ2v) is 7.32. The number of benzene rings is 1. The van der Waals surface area contributed by atoms with Crippen molar-refractivity contribution in [1.82, 2.24) is 15.2 Å². The van der Waals surface area contributed by atoms with E-state index in [1.807, 2.05) is 24.1 Å². The summed E-state index contributed by atoms with van der Waals surface area (Å²) in [5.74, 6) is -0.287. The Balaban J connectivity index is 1.69. The van der Waals surface area contributed by atoms with E-state index in [4.69, 9.17) is 5.26 Å². The lowest BCUT2D eigenvalue weighted by molar-refractivity contribution is 0.225. The lowest BCUT2D eigenvalue weighted by atomic mass is 9.73. The third-order valence-corrected chi connectivity index (χ3v) is 6.01. The van der Waals surface area contributed by atoms with Crippen LogP contribution in [0.1, 0.15) is 30.5 Å². The fourth-order valence-corrected chi connectivity index (χ4v) is 4.24. The zero-order valence-corrected chi connectivity index (χ0v) is 15.0. The molecule has 26 heavy (non-hydrogen) atoms. The van der Waals surface area contributed by atoms with Crippen LogP contribution in [0.3, 0.4) is 0 Å². The molecule has 0 amide bonds. The van der Waals surface area contributed by atoms with Gasteiger partial charge in [0.25, 0.3) is 0 Å². The first kappa shape index (κ1) is 16.6. The molecule has 1 aliphatic carbocycles. The minimum Gasteiger partial charge on any atom is -0.338 e. The van der Waals surface area contributed by atoms with E-state index in [-0.39, 0.29) is 5.82 Å². The average molecular weight is 365 g/mol. The number of halogens is 1. The second-order valence-electron chi connectivity index (χ2n) is 6.36. The highest BCUT2D eigenvalue weighted by atomic mass is 32.1. The lowest BCUT2D eigenvalue weighted by Crippen LogP contribution is -2.50. The van der Waals surface area contributed by atoms with Gasteiger partial charge < -0.3 is 4.90 Å². The van der Waals surface area contributed by atoms with E-state index in [1.165, 1.54) is 17.4 Å². The highest BCUT2D eigenvalue weighted by Crippen LogP contribution is 2.48. The molecule has 1 saturated carbocycles. The van der Waals surface area contributed by atoms with Crippen LogP contribution in [0.25, 0.3) is 10.6 Å². The van der Waals surface area contributed by atoms with Crippen molar-refractivity contribution in [2.75, 3.05) is 11.9 Å². The summed E-state index contributed by atoms with van der Waals surface area (Å²) < 4.78 is 14.4. The zero-order valence-electron chi connectivity index (χ0n) is 14.2. The first-order valence-electron chi connectivity index (χ1n) is 8.33. The number of anilines is 1. The van der Waals surface area contributed by atoms with E-state index in [0.29, 0.717) is 16.4 Å². The Morgan fingerprint density at radius 1 is 1.23 bits per heavy atom. The minimum atomic E-state index is -0.476. The molecule has 2 heterocycles. The number of pyridine rings is 1. The van der Waals surface area contributed by atoms with Gasteiger partial charge in [-0.3, -0.25) is 4.98 Å². The van der Waals surface area contributed by atoms with E-state index in [9.17, 15) is 4.39 Å². The Bertz CT molecular complexity index is 989. The van der Waals surface area contributed by atoms with Crippen molar-refractivity contribution in [2.24, 2.45) is 0 Å². The van der Waals surface area contributed by atoms with Gasteiger partial charge in [0.1, 0.15) is 16.5 Å². The van der Waals surface area contributed by atoms with Crippen LogP contribution >= 0.6 is 11.3 Å². The van der Waals surface area contributed by atoms with E-state index in [0.717, 1.165) is 29.8 Å². The quantitative estimate of drug-likeness (QED) is 0.696. The number of aromatic nitrogens is 3. The van der Waals surface area contributed by atoms with Gasteiger partial charge in [0.05, 0.1) is 17.2 Å². The summed E-state index contributed by atoms with van der Waals surface area (Å²) in [5.41, 5.74) is 1.43. The van der Waals surface area contributed by atoms with Crippen molar-refractivity contribution in [3.8, 4) is 16.6 Å². The van der Waals surface area contributed by atoms with Crippen LogP contribution < -0.4 is 4.90 Å². The largest absolute Gasteiger partial charge is 0.338 e. The Morgan fingerprint density at radius 2 is 2.08 bits per heavy atom. The van der Waals surface area contributed by atoms with Crippen molar-refractivity contribution < 1.29 is 4.39 Å². The van der Waals surface area contributed by atoms with E-state index >= 15 is 0 Å². The predicted octanol–water partition coefficient (Wildman–Crippen LogP) is 4.13. The van der Waals surface area contributed by atoms with Gasteiger partial charge in [-0.05, 0) is 43.5 Å². The smallest absolute Gasteiger partial charge is 0.209 e. The maximum atomic E-state index is 14.4. The van der Waals surface area contributed by atoms with Gasteiger partial charge in [-0.2, -0.15) is 5.26 Å². The molecular formula is C19H16FN5S. The molecule has 0 atom stereocenters. The third-order valence-electron chi connectivity index (χ3n) is 4.96. The molecule has 0 unspecified atom stereocenters. The summed E-state index contributed by atoms with van der Waals surface area (Å²) in [7, 11) is 1.92. The zero-order chi connectivity index (χ0) is 18.1. The highest BCUT2D eigenvalue weighted by molar-refractivity contribution is 7.18. The Morgan fingerprint density at radius 3 is 2.77 bits per heavy atom. The number of nitriles is 1. The fourth-order valence-electron chi connectivity index (χ4n) is 3.34. The van der Waals surface area contributed by atoms with Crippen molar-refractivity contribution in [2.45, 2.75) is 24.8 Å². The molecule has 3 aromatic rings. The van der Waals surface area contributed by atoms with Crippen molar-refractivity contribution in [3.63, 3.8) is 0 Å². The molecule has 1 aromatic carbocycles. The molecule has 4 rings (SSSR count). The maximum absolute atomic E-state index is 14.4. The van der Waals surface area contributed by atoms with Crippen LogP contribution in [0.2, 0.25) is 0 Å². The standard InChI is InChI=1S/C19H16FN5S/c1-25(19(8-4-9-19)16-15(20)7-3-10-22-16)18-24-23-17(26-18)14-6-2-5-13(11-14)12-21/h2-3,5-7,10-11H,4,8-9H2,1H3. The number of rotatable bonds is 4. The first-order chi connectivity index (χ1) is 12.6. The molecule has 2 aromatic heterocycles. The summed E-state index contributed by atoms with van der Waals surface area (Å²) in [5, 5.41) is 19.1. The third kappa shape index (κ3) is 2.63. The molecule has 1 fully saturated rings. The monoisotopic (exact) mass is 365 g/mol. The molecular weight excluding hydrogens is 349 g/mol. The summed E-state index contributed by atoms with van der Waals surface area (Å²) in [4.78, 5) is 6.31.